The molecule has 0 aliphatic heterocycles. The van der Waals surface area contributed by atoms with Crippen LogP contribution in [0, 0.1) is 5.92 Å². The predicted molar refractivity (Wildman–Crippen MR) is 97.8 cm³/mol. The molecule has 2 aliphatic rings. The lowest BCUT2D eigenvalue weighted by atomic mass is 9.86. The first-order valence-electron chi connectivity index (χ1n) is 9.52. The van der Waals surface area contributed by atoms with Gasteiger partial charge in [0.2, 0.25) is 0 Å². The summed E-state index contributed by atoms with van der Waals surface area (Å²) in [6, 6.07) is 8.22. The van der Waals surface area contributed by atoms with Crippen LogP contribution in [0.2, 0.25) is 0 Å². The molecule has 1 aromatic rings. The normalized spacial score (nSPS) is 24.5. The maximum Gasteiger partial charge on any atom is 0.306 e. The smallest absolute Gasteiger partial charge is 0.306 e. The van der Waals surface area contributed by atoms with Crippen molar-refractivity contribution in [3.63, 3.8) is 0 Å². The number of carbonyl (C=O) groups excluding carboxylic acids is 1. The first-order chi connectivity index (χ1) is 12.1. The minimum atomic E-state index is -0.716. The zero-order valence-corrected chi connectivity index (χ0v) is 14.7. The molecular formula is C20H28N2O3. The molecule has 5 nitrogen and oxygen atoms in total. The number of anilines is 1. The summed E-state index contributed by atoms with van der Waals surface area (Å²) in [5, 5.41) is 15.7. The molecule has 3 N–H and O–H groups in total. The second-order valence-corrected chi connectivity index (χ2v) is 7.39. The first-order valence-corrected chi connectivity index (χ1v) is 9.52. The van der Waals surface area contributed by atoms with Crippen LogP contribution in [-0.4, -0.2) is 29.1 Å². The standard InChI is InChI=1S/C20H28N2O3/c23-19(22-16-12-10-14(11-13-16)20(24)25)17-8-4-5-9-18(17)21-15-6-2-1-3-7-15/h4-5,8-9,14-16,21H,1-3,6-7,10-13H2,(H,22,23)(H,24,25). The molecular weight excluding hydrogens is 316 g/mol. The Balaban J connectivity index is 1.59. The average molecular weight is 344 g/mol. The van der Waals surface area contributed by atoms with Crippen LogP contribution in [-0.2, 0) is 4.79 Å². The number of amides is 1. The fraction of sp³-hybridized carbons (Fsp3) is 0.600. The van der Waals surface area contributed by atoms with Gasteiger partial charge in [0.25, 0.3) is 5.91 Å². The molecule has 0 radical (unpaired) electrons. The highest BCUT2D eigenvalue weighted by atomic mass is 16.4. The quantitative estimate of drug-likeness (QED) is 0.759. The van der Waals surface area contributed by atoms with Crippen LogP contribution in [0.4, 0.5) is 5.69 Å². The van der Waals surface area contributed by atoms with Crippen LogP contribution in [0.25, 0.3) is 0 Å². The molecule has 1 amide bonds. The van der Waals surface area contributed by atoms with Crippen molar-refractivity contribution in [1.82, 2.24) is 5.32 Å². The summed E-state index contributed by atoms with van der Waals surface area (Å²) in [4.78, 5) is 23.8. The van der Waals surface area contributed by atoms with Crippen molar-refractivity contribution >= 4 is 17.6 Å². The number of carboxylic acid groups (broad SMARTS) is 1. The van der Waals surface area contributed by atoms with Gasteiger partial charge in [-0.05, 0) is 50.7 Å². The van der Waals surface area contributed by atoms with Gasteiger partial charge in [-0.3, -0.25) is 9.59 Å². The van der Waals surface area contributed by atoms with Gasteiger partial charge < -0.3 is 15.7 Å². The fourth-order valence-electron chi connectivity index (χ4n) is 4.02. The lowest BCUT2D eigenvalue weighted by molar-refractivity contribution is -0.142. The molecule has 2 fully saturated rings. The number of hydrogen-bond acceptors (Lipinski definition) is 3. The van der Waals surface area contributed by atoms with Crippen LogP contribution >= 0.6 is 0 Å². The lowest BCUT2D eigenvalue weighted by Crippen LogP contribution is -2.39. The summed E-state index contributed by atoms with van der Waals surface area (Å²) in [5.74, 6) is -1.03. The van der Waals surface area contributed by atoms with Crippen LogP contribution in [0.1, 0.15) is 68.1 Å². The van der Waals surface area contributed by atoms with Crippen molar-refractivity contribution in [1.29, 1.82) is 0 Å². The Morgan fingerprint density at radius 1 is 0.880 bits per heavy atom. The third kappa shape index (κ3) is 4.74. The molecule has 1 aromatic carbocycles. The summed E-state index contributed by atoms with van der Waals surface area (Å²) in [6.45, 7) is 0. The maximum atomic E-state index is 12.7. The van der Waals surface area contributed by atoms with Crippen LogP contribution in [0.3, 0.4) is 0 Å². The molecule has 0 aromatic heterocycles. The number of hydrogen-bond donors (Lipinski definition) is 3. The van der Waals surface area contributed by atoms with E-state index in [2.05, 4.69) is 10.6 Å². The third-order valence-corrected chi connectivity index (χ3v) is 5.55. The third-order valence-electron chi connectivity index (χ3n) is 5.55. The largest absolute Gasteiger partial charge is 0.481 e. The van der Waals surface area contributed by atoms with E-state index in [1.165, 1.54) is 19.3 Å². The Labute approximate surface area is 149 Å². The summed E-state index contributed by atoms with van der Waals surface area (Å²) in [6.07, 6.45) is 8.88. The molecule has 0 atom stereocenters. The van der Waals surface area contributed by atoms with E-state index >= 15 is 0 Å². The highest BCUT2D eigenvalue weighted by molar-refractivity contribution is 5.99. The summed E-state index contributed by atoms with van der Waals surface area (Å²) >= 11 is 0. The van der Waals surface area contributed by atoms with E-state index in [0.29, 0.717) is 24.4 Å². The van der Waals surface area contributed by atoms with Gasteiger partial charge in [0.1, 0.15) is 0 Å². The molecule has 5 heteroatoms. The van der Waals surface area contributed by atoms with E-state index in [1.807, 2.05) is 24.3 Å². The molecule has 0 heterocycles. The predicted octanol–water partition coefficient (Wildman–Crippen LogP) is 3.80. The Bertz CT molecular complexity index is 603. The first kappa shape index (κ1) is 17.8. The van der Waals surface area contributed by atoms with E-state index in [9.17, 15) is 9.59 Å². The van der Waals surface area contributed by atoms with Crippen molar-refractivity contribution in [2.24, 2.45) is 5.92 Å². The molecule has 0 saturated heterocycles. The zero-order chi connectivity index (χ0) is 17.6. The fourth-order valence-corrected chi connectivity index (χ4v) is 4.02. The SMILES string of the molecule is O=C(NC1CCC(C(=O)O)CC1)c1ccccc1NC1CCCCC1. The topological polar surface area (TPSA) is 78.4 Å². The average Bonchev–Trinajstić information content (AvgIpc) is 2.63. The molecule has 136 valence electrons. The Morgan fingerprint density at radius 3 is 2.24 bits per heavy atom. The zero-order valence-electron chi connectivity index (χ0n) is 14.7. The number of rotatable bonds is 5. The molecule has 2 saturated carbocycles. The number of nitrogens with one attached hydrogen (secondary N) is 2. The maximum absolute atomic E-state index is 12.7. The highest BCUT2D eigenvalue weighted by Crippen LogP contribution is 2.26. The number of carboxylic acids is 1. The van der Waals surface area contributed by atoms with E-state index in [-0.39, 0.29) is 17.9 Å². The Morgan fingerprint density at radius 2 is 1.56 bits per heavy atom. The molecule has 2 aliphatic carbocycles. The Kier molecular flexibility index (Phi) is 5.95. The number of aliphatic carboxylic acids is 1. The van der Waals surface area contributed by atoms with Gasteiger partial charge >= 0.3 is 5.97 Å². The van der Waals surface area contributed by atoms with E-state index in [0.717, 1.165) is 31.4 Å². The molecule has 0 bridgehead atoms. The monoisotopic (exact) mass is 344 g/mol. The van der Waals surface area contributed by atoms with Gasteiger partial charge in [0.15, 0.2) is 0 Å². The van der Waals surface area contributed by atoms with Crippen molar-refractivity contribution in [3.8, 4) is 0 Å². The minimum absolute atomic E-state index is 0.0577. The van der Waals surface area contributed by atoms with Crippen molar-refractivity contribution < 1.29 is 14.7 Å². The van der Waals surface area contributed by atoms with Gasteiger partial charge in [-0.15, -0.1) is 0 Å². The van der Waals surface area contributed by atoms with Crippen molar-refractivity contribution in [2.45, 2.75) is 69.9 Å². The molecule has 3 rings (SSSR count). The summed E-state index contributed by atoms with van der Waals surface area (Å²) in [7, 11) is 0. The highest BCUT2D eigenvalue weighted by Gasteiger charge is 2.27. The summed E-state index contributed by atoms with van der Waals surface area (Å²) < 4.78 is 0. The van der Waals surface area contributed by atoms with E-state index in [1.54, 1.807) is 0 Å². The van der Waals surface area contributed by atoms with Crippen molar-refractivity contribution in [3.05, 3.63) is 29.8 Å². The van der Waals surface area contributed by atoms with Gasteiger partial charge in [0, 0.05) is 17.8 Å². The van der Waals surface area contributed by atoms with Crippen LogP contribution in [0.15, 0.2) is 24.3 Å². The van der Waals surface area contributed by atoms with E-state index < -0.39 is 5.97 Å². The summed E-state index contributed by atoms with van der Waals surface area (Å²) in [5.41, 5.74) is 1.60. The molecule has 25 heavy (non-hydrogen) atoms. The van der Waals surface area contributed by atoms with Crippen LogP contribution < -0.4 is 10.6 Å². The van der Waals surface area contributed by atoms with E-state index in [4.69, 9.17) is 5.11 Å². The minimum Gasteiger partial charge on any atom is -0.481 e. The second-order valence-electron chi connectivity index (χ2n) is 7.39. The second kappa shape index (κ2) is 8.37. The lowest BCUT2D eigenvalue weighted by Gasteiger charge is -2.28. The van der Waals surface area contributed by atoms with Gasteiger partial charge in [-0.2, -0.15) is 0 Å². The van der Waals surface area contributed by atoms with Crippen molar-refractivity contribution in [2.75, 3.05) is 5.32 Å². The van der Waals surface area contributed by atoms with Gasteiger partial charge in [0.05, 0.1) is 11.5 Å². The molecule has 0 unspecified atom stereocenters. The molecule has 0 spiro atoms. The number of para-hydroxylation sites is 1. The van der Waals surface area contributed by atoms with Crippen LogP contribution in [0.5, 0.6) is 0 Å². The number of carbonyl (C=O) groups is 2. The Hall–Kier alpha value is -2.04. The van der Waals surface area contributed by atoms with Gasteiger partial charge in [-0.25, -0.2) is 0 Å². The number of benzene rings is 1. The van der Waals surface area contributed by atoms with Gasteiger partial charge in [-0.1, -0.05) is 31.4 Å².